The van der Waals surface area contributed by atoms with E-state index in [1.807, 2.05) is 0 Å². The maximum atomic E-state index is 12.6. The second-order valence-electron chi connectivity index (χ2n) is 4.53. The second kappa shape index (κ2) is 7.31. The fourth-order valence-electron chi connectivity index (χ4n) is 2.14. The normalized spacial score (nSPS) is 9.87. The van der Waals surface area contributed by atoms with Gasteiger partial charge in [-0.3, -0.25) is 4.79 Å². The van der Waals surface area contributed by atoms with Gasteiger partial charge in [0, 0.05) is 0 Å². The van der Waals surface area contributed by atoms with Crippen molar-refractivity contribution in [3.05, 3.63) is 53.6 Å². The highest BCUT2D eigenvalue weighted by Crippen LogP contribution is 2.29. The predicted molar refractivity (Wildman–Crippen MR) is 85.3 cm³/mol. The summed E-state index contributed by atoms with van der Waals surface area (Å²) in [5.74, 6) is -0.238. The number of amides is 1. The summed E-state index contributed by atoms with van der Waals surface area (Å²) in [4.78, 5) is 24.4. The summed E-state index contributed by atoms with van der Waals surface area (Å²) in [5.41, 5.74) is 0.853. The van der Waals surface area contributed by atoms with Crippen LogP contribution in [0, 0.1) is 0 Å². The Bertz CT molecular complexity index is 704. The Balaban J connectivity index is 2.39. The molecule has 0 fully saturated rings. The largest absolute Gasteiger partial charge is 0.496 e. The van der Waals surface area contributed by atoms with Gasteiger partial charge in [-0.15, -0.1) is 0 Å². The lowest BCUT2D eigenvalue weighted by atomic mass is 10.1. The van der Waals surface area contributed by atoms with Crippen LogP contribution in [0.25, 0.3) is 0 Å². The Hall–Kier alpha value is -3.02. The van der Waals surface area contributed by atoms with E-state index < -0.39 is 11.9 Å². The Morgan fingerprint density at radius 1 is 0.870 bits per heavy atom. The van der Waals surface area contributed by atoms with E-state index in [9.17, 15) is 9.59 Å². The molecule has 2 aromatic carbocycles. The summed E-state index contributed by atoms with van der Waals surface area (Å²) in [5, 5.41) is 2.69. The van der Waals surface area contributed by atoms with E-state index in [-0.39, 0.29) is 11.1 Å². The summed E-state index contributed by atoms with van der Waals surface area (Å²) >= 11 is 0. The van der Waals surface area contributed by atoms with E-state index in [0.29, 0.717) is 17.2 Å². The molecule has 0 aliphatic carbocycles. The van der Waals surface area contributed by atoms with Crippen LogP contribution in [-0.2, 0) is 4.74 Å². The lowest BCUT2D eigenvalue weighted by molar-refractivity contribution is 0.0602. The van der Waals surface area contributed by atoms with Crippen LogP contribution in [0.4, 0.5) is 5.69 Å². The minimum atomic E-state index is -0.534. The van der Waals surface area contributed by atoms with Crippen LogP contribution in [-0.4, -0.2) is 33.2 Å². The quantitative estimate of drug-likeness (QED) is 0.859. The fourth-order valence-corrected chi connectivity index (χ4v) is 2.14. The van der Waals surface area contributed by atoms with Gasteiger partial charge in [0.15, 0.2) is 0 Å². The van der Waals surface area contributed by atoms with Crippen molar-refractivity contribution < 1.29 is 23.8 Å². The molecule has 0 bridgehead atoms. The van der Waals surface area contributed by atoms with Crippen molar-refractivity contribution in [3.63, 3.8) is 0 Å². The van der Waals surface area contributed by atoms with Crippen molar-refractivity contribution in [1.82, 2.24) is 0 Å². The van der Waals surface area contributed by atoms with Crippen LogP contribution >= 0.6 is 0 Å². The van der Waals surface area contributed by atoms with E-state index in [1.54, 1.807) is 42.5 Å². The lowest BCUT2D eigenvalue weighted by Gasteiger charge is -2.14. The highest BCUT2D eigenvalue weighted by molar-refractivity contribution is 6.10. The summed E-state index contributed by atoms with van der Waals surface area (Å²) in [6.45, 7) is 0. The fraction of sp³-hybridized carbons (Fsp3) is 0.176. The van der Waals surface area contributed by atoms with Gasteiger partial charge in [-0.1, -0.05) is 18.2 Å². The molecule has 2 aromatic rings. The summed E-state index contributed by atoms with van der Waals surface area (Å²) in [6, 6.07) is 11.6. The third-order valence-electron chi connectivity index (χ3n) is 3.24. The molecular formula is C17H17NO5. The maximum absolute atomic E-state index is 12.6. The molecule has 6 heteroatoms. The molecule has 0 aromatic heterocycles. The number of hydrogen-bond donors (Lipinski definition) is 1. The molecule has 0 aliphatic rings. The number of methoxy groups -OCH3 is 3. The first kappa shape index (κ1) is 16.4. The summed E-state index contributed by atoms with van der Waals surface area (Å²) in [6.07, 6.45) is 0. The number of anilines is 1. The monoisotopic (exact) mass is 315 g/mol. The van der Waals surface area contributed by atoms with E-state index >= 15 is 0 Å². The van der Waals surface area contributed by atoms with E-state index in [1.165, 1.54) is 21.3 Å². The lowest BCUT2D eigenvalue weighted by Crippen LogP contribution is -2.17. The van der Waals surface area contributed by atoms with Gasteiger partial charge in [-0.25, -0.2) is 4.79 Å². The van der Waals surface area contributed by atoms with Gasteiger partial charge in [0.05, 0.1) is 32.6 Å². The highest BCUT2D eigenvalue weighted by Gasteiger charge is 2.20. The highest BCUT2D eigenvalue weighted by atomic mass is 16.5. The van der Waals surface area contributed by atoms with Crippen molar-refractivity contribution in [2.24, 2.45) is 0 Å². The second-order valence-corrected chi connectivity index (χ2v) is 4.53. The molecule has 23 heavy (non-hydrogen) atoms. The molecule has 2 rings (SSSR count). The Kier molecular flexibility index (Phi) is 5.19. The zero-order chi connectivity index (χ0) is 16.8. The van der Waals surface area contributed by atoms with Gasteiger partial charge in [-0.2, -0.15) is 0 Å². The van der Waals surface area contributed by atoms with Crippen molar-refractivity contribution in [2.45, 2.75) is 0 Å². The zero-order valence-electron chi connectivity index (χ0n) is 13.1. The number of para-hydroxylation sites is 1. The number of benzene rings is 2. The molecule has 0 saturated heterocycles. The number of carbonyl (C=O) groups is 2. The molecule has 6 nitrogen and oxygen atoms in total. The van der Waals surface area contributed by atoms with Gasteiger partial charge in [0.1, 0.15) is 17.1 Å². The average Bonchev–Trinajstić information content (AvgIpc) is 2.60. The first-order chi connectivity index (χ1) is 11.1. The molecule has 0 atom stereocenters. The first-order valence-corrected chi connectivity index (χ1v) is 6.82. The molecule has 120 valence electrons. The Morgan fingerprint density at radius 2 is 1.48 bits per heavy atom. The zero-order valence-corrected chi connectivity index (χ0v) is 13.1. The smallest absolute Gasteiger partial charge is 0.339 e. The number of hydrogen-bond acceptors (Lipinski definition) is 5. The Labute approximate surface area is 134 Å². The Morgan fingerprint density at radius 3 is 2.04 bits per heavy atom. The number of esters is 1. The molecule has 0 heterocycles. The van der Waals surface area contributed by atoms with Gasteiger partial charge in [-0.05, 0) is 24.3 Å². The van der Waals surface area contributed by atoms with Crippen LogP contribution in [0.1, 0.15) is 20.7 Å². The average molecular weight is 315 g/mol. The SMILES string of the molecule is COC(=O)c1ccccc1NC(=O)c1c(OC)cccc1OC. The van der Waals surface area contributed by atoms with Crippen LogP contribution in [0.15, 0.2) is 42.5 Å². The van der Waals surface area contributed by atoms with Gasteiger partial charge in [0.25, 0.3) is 5.91 Å². The third-order valence-corrected chi connectivity index (χ3v) is 3.24. The number of nitrogens with one attached hydrogen (secondary N) is 1. The molecule has 0 saturated carbocycles. The standard InChI is InChI=1S/C17H17NO5/c1-21-13-9-6-10-14(22-2)15(13)16(19)18-12-8-5-4-7-11(12)17(20)23-3/h4-10H,1-3H3,(H,18,19). The van der Waals surface area contributed by atoms with E-state index in [4.69, 9.17) is 14.2 Å². The number of ether oxygens (including phenoxy) is 3. The third kappa shape index (κ3) is 3.42. The van der Waals surface area contributed by atoms with Crippen molar-refractivity contribution in [2.75, 3.05) is 26.6 Å². The minimum Gasteiger partial charge on any atom is -0.496 e. The predicted octanol–water partition coefficient (Wildman–Crippen LogP) is 2.74. The van der Waals surface area contributed by atoms with Gasteiger partial charge in [0.2, 0.25) is 0 Å². The number of rotatable bonds is 5. The van der Waals surface area contributed by atoms with Gasteiger partial charge >= 0.3 is 5.97 Å². The minimum absolute atomic E-state index is 0.247. The van der Waals surface area contributed by atoms with Crippen LogP contribution in [0.2, 0.25) is 0 Å². The summed E-state index contributed by atoms with van der Waals surface area (Å²) in [7, 11) is 4.21. The van der Waals surface area contributed by atoms with Crippen LogP contribution in [0.5, 0.6) is 11.5 Å². The molecule has 1 amide bonds. The molecule has 1 N–H and O–H groups in total. The first-order valence-electron chi connectivity index (χ1n) is 6.82. The van der Waals surface area contributed by atoms with Gasteiger partial charge < -0.3 is 19.5 Å². The molecule has 0 spiro atoms. The topological polar surface area (TPSA) is 73.9 Å². The van der Waals surface area contributed by atoms with E-state index in [0.717, 1.165) is 0 Å². The van der Waals surface area contributed by atoms with Crippen molar-refractivity contribution >= 4 is 17.6 Å². The van der Waals surface area contributed by atoms with Crippen LogP contribution in [0.3, 0.4) is 0 Å². The molecule has 0 aliphatic heterocycles. The summed E-state index contributed by atoms with van der Waals surface area (Å²) < 4.78 is 15.1. The van der Waals surface area contributed by atoms with Crippen LogP contribution < -0.4 is 14.8 Å². The molecule has 0 radical (unpaired) electrons. The molecule has 0 unspecified atom stereocenters. The maximum Gasteiger partial charge on any atom is 0.339 e. The van der Waals surface area contributed by atoms with Crippen molar-refractivity contribution in [1.29, 1.82) is 0 Å². The van der Waals surface area contributed by atoms with Crippen molar-refractivity contribution in [3.8, 4) is 11.5 Å². The molecular weight excluding hydrogens is 298 g/mol. The number of carbonyl (C=O) groups excluding carboxylic acids is 2. The van der Waals surface area contributed by atoms with E-state index in [2.05, 4.69) is 5.32 Å².